The molecular formula is C13H19NO4. The minimum Gasteiger partial charge on any atom is -0.478 e. The minimum atomic E-state index is -0.955. The highest BCUT2D eigenvalue weighted by molar-refractivity contribution is 5.87. The quantitative estimate of drug-likeness (QED) is 0.740. The molecule has 0 spiro atoms. The molecule has 0 amide bonds. The summed E-state index contributed by atoms with van der Waals surface area (Å²) in [6.07, 6.45) is 4.83. The monoisotopic (exact) mass is 253 g/mol. The lowest BCUT2D eigenvalue weighted by Gasteiger charge is -2.14. The number of methoxy groups -OCH3 is 1. The molecular weight excluding hydrogens is 234 g/mol. The lowest BCUT2D eigenvalue weighted by atomic mass is 10.0. The number of rotatable bonds is 8. The number of carbonyl (C=O) groups is 1. The van der Waals surface area contributed by atoms with Gasteiger partial charge in [0.15, 0.2) is 0 Å². The predicted molar refractivity (Wildman–Crippen MR) is 65.5 cm³/mol. The van der Waals surface area contributed by atoms with Gasteiger partial charge in [-0.25, -0.2) is 4.79 Å². The maximum Gasteiger partial charge on any atom is 0.338 e. The Balaban J connectivity index is 1.73. The van der Waals surface area contributed by atoms with Crippen LogP contribution in [0.5, 0.6) is 0 Å². The first-order valence-corrected chi connectivity index (χ1v) is 6.16. The summed E-state index contributed by atoms with van der Waals surface area (Å²) in [7, 11) is 1.72. The van der Waals surface area contributed by atoms with Gasteiger partial charge in [-0.3, -0.25) is 0 Å². The number of ether oxygens (including phenoxy) is 1. The molecule has 1 fully saturated rings. The van der Waals surface area contributed by atoms with E-state index in [1.807, 2.05) is 0 Å². The normalized spacial score (nSPS) is 16.7. The van der Waals surface area contributed by atoms with Crippen LogP contribution in [0.15, 0.2) is 16.7 Å². The van der Waals surface area contributed by atoms with Gasteiger partial charge in [0.2, 0.25) is 0 Å². The lowest BCUT2D eigenvalue weighted by Crippen LogP contribution is -2.24. The van der Waals surface area contributed by atoms with Gasteiger partial charge in [-0.2, -0.15) is 0 Å². The molecule has 5 heteroatoms. The number of hydrogen-bond acceptors (Lipinski definition) is 4. The molecule has 0 aliphatic heterocycles. The summed E-state index contributed by atoms with van der Waals surface area (Å²) < 4.78 is 10.3. The number of hydrogen-bond donors (Lipinski definition) is 2. The summed E-state index contributed by atoms with van der Waals surface area (Å²) in [5.74, 6) is -0.293. The average molecular weight is 253 g/mol. The van der Waals surface area contributed by atoms with Crippen molar-refractivity contribution in [2.24, 2.45) is 5.41 Å². The molecule has 0 aromatic carbocycles. The molecule has 1 aliphatic rings. The number of carboxylic acid groups (broad SMARTS) is 1. The standard InChI is InChI=1S/C13H19NO4/c1-17-5-4-13(2-3-13)9-14-7-11-6-10(8-18-11)12(15)16/h6,8,14H,2-5,7,9H2,1H3,(H,15,16). The van der Waals surface area contributed by atoms with Crippen molar-refractivity contribution in [2.45, 2.75) is 25.8 Å². The molecule has 2 rings (SSSR count). The maximum atomic E-state index is 10.7. The van der Waals surface area contributed by atoms with E-state index in [0.29, 0.717) is 17.7 Å². The minimum absolute atomic E-state index is 0.201. The molecule has 0 saturated heterocycles. The Bertz CT molecular complexity index is 409. The van der Waals surface area contributed by atoms with E-state index in [-0.39, 0.29) is 5.56 Å². The lowest BCUT2D eigenvalue weighted by molar-refractivity contribution is 0.0696. The molecule has 1 heterocycles. The van der Waals surface area contributed by atoms with E-state index in [1.54, 1.807) is 13.2 Å². The fraction of sp³-hybridized carbons (Fsp3) is 0.615. The van der Waals surface area contributed by atoms with E-state index >= 15 is 0 Å². The van der Waals surface area contributed by atoms with Gasteiger partial charge in [0.25, 0.3) is 0 Å². The van der Waals surface area contributed by atoms with Crippen LogP contribution in [-0.2, 0) is 11.3 Å². The van der Waals surface area contributed by atoms with E-state index in [0.717, 1.165) is 19.6 Å². The van der Waals surface area contributed by atoms with Crippen molar-refractivity contribution in [1.82, 2.24) is 5.32 Å². The van der Waals surface area contributed by atoms with E-state index in [2.05, 4.69) is 5.32 Å². The average Bonchev–Trinajstić information content (AvgIpc) is 2.94. The highest BCUT2D eigenvalue weighted by Gasteiger charge is 2.41. The summed E-state index contributed by atoms with van der Waals surface area (Å²) in [6, 6.07) is 1.56. The molecule has 1 aromatic heterocycles. The van der Waals surface area contributed by atoms with Crippen molar-refractivity contribution in [2.75, 3.05) is 20.3 Å². The molecule has 0 bridgehead atoms. The molecule has 1 saturated carbocycles. The molecule has 5 nitrogen and oxygen atoms in total. The summed E-state index contributed by atoms with van der Waals surface area (Å²) in [4.78, 5) is 10.7. The zero-order valence-corrected chi connectivity index (χ0v) is 10.6. The van der Waals surface area contributed by atoms with Gasteiger partial charge in [-0.1, -0.05) is 0 Å². The summed E-state index contributed by atoms with van der Waals surface area (Å²) in [5, 5.41) is 12.1. The van der Waals surface area contributed by atoms with E-state index in [4.69, 9.17) is 14.3 Å². The van der Waals surface area contributed by atoms with Crippen LogP contribution < -0.4 is 5.32 Å². The first-order valence-electron chi connectivity index (χ1n) is 6.16. The first-order chi connectivity index (χ1) is 8.65. The number of carboxylic acids is 1. The third-order valence-electron chi connectivity index (χ3n) is 3.49. The zero-order valence-electron chi connectivity index (χ0n) is 10.6. The van der Waals surface area contributed by atoms with Crippen molar-refractivity contribution in [1.29, 1.82) is 0 Å². The topological polar surface area (TPSA) is 71.7 Å². The fourth-order valence-electron chi connectivity index (χ4n) is 2.05. The van der Waals surface area contributed by atoms with Crippen molar-refractivity contribution < 1.29 is 19.1 Å². The highest BCUT2D eigenvalue weighted by atomic mass is 16.5. The molecule has 100 valence electrons. The van der Waals surface area contributed by atoms with E-state index < -0.39 is 5.97 Å². The molecule has 0 radical (unpaired) electrons. The Labute approximate surface area is 106 Å². The maximum absolute atomic E-state index is 10.7. The van der Waals surface area contributed by atoms with Gasteiger partial charge in [0.1, 0.15) is 12.0 Å². The van der Waals surface area contributed by atoms with E-state index in [9.17, 15) is 4.79 Å². The SMILES string of the molecule is COCCC1(CNCc2cc(C(=O)O)co2)CC1. The van der Waals surface area contributed by atoms with Crippen molar-refractivity contribution in [3.05, 3.63) is 23.7 Å². The fourth-order valence-corrected chi connectivity index (χ4v) is 2.05. The summed E-state index contributed by atoms with van der Waals surface area (Å²) in [5.41, 5.74) is 0.588. The third-order valence-corrected chi connectivity index (χ3v) is 3.49. The smallest absolute Gasteiger partial charge is 0.338 e. The van der Waals surface area contributed by atoms with Crippen molar-refractivity contribution >= 4 is 5.97 Å². The van der Waals surface area contributed by atoms with Crippen molar-refractivity contribution in [3.63, 3.8) is 0 Å². The second-order valence-corrected chi connectivity index (χ2v) is 4.95. The van der Waals surface area contributed by atoms with Gasteiger partial charge in [0, 0.05) is 20.3 Å². The molecule has 18 heavy (non-hydrogen) atoms. The van der Waals surface area contributed by atoms with Gasteiger partial charge in [0.05, 0.1) is 12.1 Å². The second kappa shape index (κ2) is 5.54. The van der Waals surface area contributed by atoms with Gasteiger partial charge in [-0.05, 0) is 30.7 Å². The molecule has 0 atom stereocenters. The summed E-state index contributed by atoms with van der Waals surface area (Å²) in [6.45, 7) is 2.30. The van der Waals surface area contributed by atoms with Gasteiger partial charge < -0.3 is 19.6 Å². The zero-order chi connectivity index (χ0) is 13.0. The van der Waals surface area contributed by atoms with Crippen LogP contribution >= 0.6 is 0 Å². The summed E-state index contributed by atoms with van der Waals surface area (Å²) >= 11 is 0. The van der Waals surface area contributed by atoms with Crippen LogP contribution in [0.3, 0.4) is 0 Å². The molecule has 0 unspecified atom stereocenters. The number of aromatic carboxylic acids is 1. The molecule has 1 aromatic rings. The largest absolute Gasteiger partial charge is 0.478 e. The van der Waals surface area contributed by atoms with Crippen LogP contribution in [0.2, 0.25) is 0 Å². The predicted octanol–water partition coefficient (Wildman–Crippen LogP) is 1.88. The Kier molecular flexibility index (Phi) is 4.04. The molecule has 1 aliphatic carbocycles. The Morgan fingerprint density at radius 2 is 2.39 bits per heavy atom. The van der Waals surface area contributed by atoms with Crippen molar-refractivity contribution in [3.8, 4) is 0 Å². The highest BCUT2D eigenvalue weighted by Crippen LogP contribution is 2.48. The number of nitrogens with one attached hydrogen (secondary N) is 1. The number of furan rings is 1. The van der Waals surface area contributed by atoms with Crippen LogP contribution in [0.4, 0.5) is 0 Å². The Morgan fingerprint density at radius 3 is 2.94 bits per heavy atom. The third kappa shape index (κ3) is 3.34. The van der Waals surface area contributed by atoms with E-state index in [1.165, 1.54) is 19.1 Å². The molecule has 2 N–H and O–H groups in total. The van der Waals surface area contributed by atoms with Crippen LogP contribution in [0, 0.1) is 5.41 Å². The Morgan fingerprint density at radius 1 is 1.61 bits per heavy atom. The Hall–Kier alpha value is -1.33. The van der Waals surface area contributed by atoms with Crippen LogP contribution in [0.1, 0.15) is 35.4 Å². The van der Waals surface area contributed by atoms with Gasteiger partial charge >= 0.3 is 5.97 Å². The van der Waals surface area contributed by atoms with Crippen LogP contribution in [0.25, 0.3) is 0 Å². The van der Waals surface area contributed by atoms with Crippen LogP contribution in [-0.4, -0.2) is 31.3 Å². The second-order valence-electron chi connectivity index (χ2n) is 4.95. The van der Waals surface area contributed by atoms with Gasteiger partial charge in [-0.15, -0.1) is 0 Å². The first kappa shape index (κ1) is 13.1.